The Labute approximate surface area is 81.5 Å². The van der Waals surface area contributed by atoms with Gasteiger partial charge in [-0.1, -0.05) is 11.6 Å². The molecule has 0 aliphatic heterocycles. The number of hydrogen-bond donors (Lipinski definition) is 0. The van der Waals surface area contributed by atoms with Crippen molar-refractivity contribution in [3.05, 3.63) is 33.8 Å². The molecule has 0 heterocycles. The molecule has 0 aromatic heterocycles. The maximum absolute atomic E-state index is 11.0. The van der Waals surface area contributed by atoms with Crippen LogP contribution in [0.3, 0.4) is 0 Å². The van der Waals surface area contributed by atoms with E-state index in [9.17, 15) is 9.59 Å². The molecule has 0 fully saturated rings. The summed E-state index contributed by atoms with van der Waals surface area (Å²) in [4.78, 5) is 21.6. The Bertz CT molecular complexity index is 369. The van der Waals surface area contributed by atoms with Crippen LogP contribution in [-0.4, -0.2) is 12.1 Å². The lowest BCUT2D eigenvalue weighted by atomic mass is 10.0. The third kappa shape index (κ3) is 1.95. The van der Waals surface area contributed by atoms with E-state index >= 15 is 0 Å². The third-order valence-corrected chi connectivity index (χ3v) is 2.17. The molecule has 0 saturated carbocycles. The summed E-state index contributed by atoms with van der Waals surface area (Å²) < 4.78 is 0. The van der Waals surface area contributed by atoms with Crippen LogP contribution in [0.25, 0.3) is 0 Å². The first-order valence-electron chi connectivity index (χ1n) is 3.82. The summed E-state index contributed by atoms with van der Waals surface area (Å²) in [5, 5.41) is 0.399. The molecule has 3 heteroatoms. The van der Waals surface area contributed by atoms with E-state index in [0.717, 1.165) is 11.8 Å². The van der Waals surface area contributed by atoms with Gasteiger partial charge in [-0.05, 0) is 31.5 Å². The van der Waals surface area contributed by atoms with Gasteiger partial charge in [0.25, 0.3) is 0 Å². The largest absolute Gasteiger partial charge is 0.298 e. The van der Waals surface area contributed by atoms with Crippen LogP contribution in [0, 0.1) is 6.92 Å². The van der Waals surface area contributed by atoms with Crippen LogP contribution in [0.15, 0.2) is 12.1 Å². The van der Waals surface area contributed by atoms with Crippen molar-refractivity contribution in [2.45, 2.75) is 13.8 Å². The van der Waals surface area contributed by atoms with Gasteiger partial charge in [0.2, 0.25) is 0 Å². The van der Waals surface area contributed by atoms with Crippen LogP contribution < -0.4 is 0 Å². The van der Waals surface area contributed by atoms with E-state index in [0.29, 0.717) is 16.1 Å². The fourth-order valence-electron chi connectivity index (χ4n) is 1.09. The smallest absolute Gasteiger partial charge is 0.161 e. The van der Waals surface area contributed by atoms with Gasteiger partial charge in [-0.25, -0.2) is 0 Å². The highest BCUT2D eigenvalue weighted by Crippen LogP contribution is 2.20. The number of rotatable bonds is 2. The summed E-state index contributed by atoms with van der Waals surface area (Å²) in [6.45, 7) is 3.20. The Hall–Kier alpha value is -1.15. The Balaban J connectivity index is 3.38. The minimum atomic E-state index is -0.131. The highest BCUT2D eigenvalue weighted by Gasteiger charge is 2.08. The Morgan fingerprint density at radius 2 is 2.08 bits per heavy atom. The van der Waals surface area contributed by atoms with E-state index in [1.54, 1.807) is 13.0 Å². The lowest BCUT2D eigenvalue weighted by molar-refractivity contribution is 0.101. The summed E-state index contributed by atoms with van der Waals surface area (Å²) in [6.07, 6.45) is 0.720. The average Bonchev–Trinajstić information content (AvgIpc) is 2.03. The van der Waals surface area contributed by atoms with Gasteiger partial charge in [-0.2, -0.15) is 0 Å². The maximum Gasteiger partial charge on any atom is 0.161 e. The summed E-state index contributed by atoms with van der Waals surface area (Å²) in [5.74, 6) is -0.131. The zero-order chi connectivity index (χ0) is 10.0. The molecule has 13 heavy (non-hydrogen) atoms. The number of halogens is 1. The first kappa shape index (κ1) is 9.93. The molecule has 0 N–H and O–H groups in total. The van der Waals surface area contributed by atoms with Gasteiger partial charge < -0.3 is 0 Å². The Kier molecular flexibility index (Phi) is 2.83. The van der Waals surface area contributed by atoms with Crippen molar-refractivity contribution >= 4 is 23.7 Å². The minimum Gasteiger partial charge on any atom is -0.298 e. The molecule has 2 nitrogen and oxygen atoms in total. The number of aldehydes is 1. The molecule has 0 saturated heterocycles. The molecule has 0 aliphatic carbocycles. The monoisotopic (exact) mass is 196 g/mol. The molecule has 0 atom stereocenters. The van der Waals surface area contributed by atoms with Crippen LogP contribution in [0.5, 0.6) is 0 Å². The third-order valence-electron chi connectivity index (χ3n) is 1.86. The molecule has 0 unspecified atom stereocenters. The Morgan fingerprint density at radius 1 is 1.46 bits per heavy atom. The summed E-state index contributed by atoms with van der Waals surface area (Å²) in [7, 11) is 0. The predicted octanol–water partition coefficient (Wildman–Crippen LogP) is 2.66. The van der Waals surface area contributed by atoms with Crippen molar-refractivity contribution in [3.8, 4) is 0 Å². The molecule has 0 spiro atoms. The number of hydrogen-bond acceptors (Lipinski definition) is 2. The number of aryl methyl sites for hydroxylation is 1. The topological polar surface area (TPSA) is 34.1 Å². The van der Waals surface area contributed by atoms with Crippen LogP contribution in [-0.2, 0) is 0 Å². The van der Waals surface area contributed by atoms with Gasteiger partial charge in [-0.15, -0.1) is 0 Å². The van der Waals surface area contributed by atoms with Crippen LogP contribution in [0.1, 0.15) is 33.2 Å². The zero-order valence-corrected chi connectivity index (χ0v) is 8.18. The second-order valence-electron chi connectivity index (χ2n) is 2.86. The molecule has 0 amide bonds. The number of Topliss-reactive ketones (excluding diaryl/α,β-unsaturated/α-hetero) is 1. The van der Waals surface area contributed by atoms with E-state index in [2.05, 4.69) is 0 Å². The number of carbonyl (C=O) groups excluding carboxylic acids is 2. The first-order valence-corrected chi connectivity index (χ1v) is 4.20. The van der Waals surface area contributed by atoms with Crippen molar-refractivity contribution in [1.82, 2.24) is 0 Å². The van der Waals surface area contributed by atoms with E-state index in [-0.39, 0.29) is 5.78 Å². The highest BCUT2D eigenvalue weighted by molar-refractivity contribution is 6.34. The van der Waals surface area contributed by atoms with Crippen molar-refractivity contribution in [3.63, 3.8) is 0 Å². The van der Waals surface area contributed by atoms with E-state index < -0.39 is 0 Å². The van der Waals surface area contributed by atoms with Crippen molar-refractivity contribution in [2.75, 3.05) is 0 Å². The maximum atomic E-state index is 11.0. The van der Waals surface area contributed by atoms with Crippen molar-refractivity contribution in [2.24, 2.45) is 0 Å². The molecule has 1 aromatic rings. The molecular weight excluding hydrogens is 188 g/mol. The fourth-order valence-corrected chi connectivity index (χ4v) is 1.44. The molecule has 1 rings (SSSR count). The first-order chi connectivity index (χ1) is 6.06. The second-order valence-corrected chi connectivity index (χ2v) is 3.27. The summed E-state index contributed by atoms with van der Waals surface area (Å²) in [5.41, 5.74) is 1.69. The van der Waals surface area contributed by atoms with Gasteiger partial charge in [0.05, 0.1) is 5.02 Å². The van der Waals surface area contributed by atoms with Gasteiger partial charge in [0.15, 0.2) is 5.78 Å². The second kappa shape index (κ2) is 3.71. The average molecular weight is 197 g/mol. The van der Waals surface area contributed by atoms with Crippen molar-refractivity contribution in [1.29, 1.82) is 0 Å². The normalized spacial score (nSPS) is 9.77. The standard InChI is InChI=1S/C10H9ClO2/c1-6-3-10(11)9(7(2)13)4-8(6)5-12/h3-5H,1-2H3. The number of ketones is 1. The van der Waals surface area contributed by atoms with E-state index in [4.69, 9.17) is 11.6 Å². The predicted molar refractivity (Wildman–Crippen MR) is 51.6 cm³/mol. The molecular formula is C10H9ClO2. The minimum absolute atomic E-state index is 0.131. The fraction of sp³-hybridized carbons (Fsp3) is 0.200. The molecule has 0 aliphatic rings. The van der Waals surface area contributed by atoms with E-state index in [1.165, 1.54) is 13.0 Å². The van der Waals surface area contributed by atoms with Gasteiger partial charge in [0.1, 0.15) is 6.29 Å². The van der Waals surface area contributed by atoms with Crippen LogP contribution in [0.4, 0.5) is 0 Å². The number of carbonyl (C=O) groups is 2. The molecule has 0 bridgehead atoms. The molecule has 68 valence electrons. The Morgan fingerprint density at radius 3 is 2.54 bits per heavy atom. The van der Waals surface area contributed by atoms with Crippen molar-refractivity contribution < 1.29 is 9.59 Å². The quantitative estimate of drug-likeness (QED) is 0.538. The SMILES string of the molecule is CC(=O)c1cc(C=O)c(C)cc1Cl. The molecule has 0 radical (unpaired) electrons. The molecule has 1 aromatic carbocycles. The zero-order valence-electron chi connectivity index (χ0n) is 7.43. The van der Waals surface area contributed by atoms with Gasteiger partial charge in [-0.3, -0.25) is 9.59 Å². The van der Waals surface area contributed by atoms with Crippen LogP contribution >= 0.6 is 11.6 Å². The lowest BCUT2D eigenvalue weighted by Crippen LogP contribution is -1.97. The lowest BCUT2D eigenvalue weighted by Gasteiger charge is -2.03. The number of benzene rings is 1. The summed E-state index contributed by atoms with van der Waals surface area (Å²) in [6, 6.07) is 3.15. The van der Waals surface area contributed by atoms with Gasteiger partial charge in [0, 0.05) is 11.1 Å². The highest BCUT2D eigenvalue weighted by atomic mass is 35.5. The van der Waals surface area contributed by atoms with Gasteiger partial charge >= 0.3 is 0 Å². The van der Waals surface area contributed by atoms with E-state index in [1.807, 2.05) is 0 Å². The van der Waals surface area contributed by atoms with Crippen LogP contribution in [0.2, 0.25) is 5.02 Å². The summed E-state index contributed by atoms with van der Waals surface area (Å²) >= 11 is 5.82.